The Morgan fingerprint density at radius 3 is 1.60 bits per heavy atom. The predicted molar refractivity (Wildman–Crippen MR) is 154 cm³/mol. The minimum atomic E-state index is -1.67. The Hall–Kier alpha value is -1.32. The summed E-state index contributed by atoms with van der Waals surface area (Å²) in [7, 11) is 11.6. The molecule has 6 heteroatoms. The smallest absolute Gasteiger partial charge is 0.208 e. The average molecular weight is 615 g/mol. The largest absolute Gasteiger partial charge is 0.339 e. The van der Waals surface area contributed by atoms with Gasteiger partial charge in [-0.1, -0.05) is 35.4 Å². The topological polar surface area (TPSA) is 6.48 Å². The second-order valence-electron chi connectivity index (χ2n) is 8.95. The molecule has 0 N–H and O–H groups in total. The summed E-state index contributed by atoms with van der Waals surface area (Å²) in [5.74, 6) is 0. The monoisotopic (exact) mass is 614 g/mol. The average Bonchev–Trinajstić information content (AvgIpc) is 3.21. The van der Waals surface area contributed by atoms with E-state index in [2.05, 4.69) is 88.3 Å². The molecule has 0 atom stereocenters. The molecule has 1 heterocycles. The number of hydrogen-bond donors (Lipinski definition) is 0. The Morgan fingerprint density at radius 1 is 0.771 bits per heavy atom. The van der Waals surface area contributed by atoms with Crippen LogP contribution in [0, 0.1) is 48.2 Å². The summed E-state index contributed by atoms with van der Waals surface area (Å²) in [6.07, 6.45) is 2.05. The third kappa shape index (κ3) is 7.35. The fourth-order valence-corrected chi connectivity index (χ4v) is 7.37. The van der Waals surface area contributed by atoms with Crippen molar-refractivity contribution in [2.24, 2.45) is 0 Å². The van der Waals surface area contributed by atoms with Crippen LogP contribution in [-0.4, -0.2) is 24.0 Å². The van der Waals surface area contributed by atoms with Crippen molar-refractivity contribution >= 4 is 47.1 Å². The quantitative estimate of drug-likeness (QED) is 0.216. The number of hydrogen-bond acceptors (Lipinski definition) is 3. The van der Waals surface area contributed by atoms with Gasteiger partial charge >= 0.3 is 90.3 Å². The molecule has 0 unspecified atom stereocenters. The fraction of sp³-hybridized carbons (Fsp3) is 0.310. The van der Waals surface area contributed by atoms with Crippen molar-refractivity contribution in [2.75, 3.05) is 29.1 Å². The second-order valence-corrected chi connectivity index (χ2v) is 15.5. The molecule has 0 aromatic heterocycles. The van der Waals surface area contributed by atoms with E-state index in [1.807, 2.05) is 29.1 Å². The van der Waals surface area contributed by atoms with Crippen LogP contribution in [0.5, 0.6) is 0 Å². The van der Waals surface area contributed by atoms with Crippen molar-refractivity contribution in [1.29, 1.82) is 0 Å². The van der Waals surface area contributed by atoms with Crippen LogP contribution in [0.4, 0.5) is 11.4 Å². The van der Waals surface area contributed by atoms with Crippen LogP contribution >= 0.6 is 31.1 Å². The SMILES string of the molecule is CSc1ccccc1[CH]=[Ru]([Cl])[Cl].Cc1cc(C)c(N2[C]N(c3c(C)cc(C)cc3C)CC2)c(C)c1. The Balaban J connectivity index is 0.000000241. The first-order valence-electron chi connectivity index (χ1n) is 11.5. The molecule has 1 saturated heterocycles. The van der Waals surface area contributed by atoms with Crippen LogP contribution < -0.4 is 9.80 Å². The summed E-state index contributed by atoms with van der Waals surface area (Å²) in [4.78, 5) is 5.79. The van der Waals surface area contributed by atoms with Crippen molar-refractivity contribution in [3.63, 3.8) is 0 Å². The van der Waals surface area contributed by atoms with Gasteiger partial charge in [0.25, 0.3) is 0 Å². The molecule has 0 saturated carbocycles. The first-order valence-corrected chi connectivity index (χ1v) is 18.2. The van der Waals surface area contributed by atoms with Gasteiger partial charge in [-0.3, -0.25) is 0 Å². The van der Waals surface area contributed by atoms with E-state index in [0.717, 1.165) is 18.7 Å². The maximum Gasteiger partial charge on any atom is 0.208 e. The molecule has 188 valence electrons. The van der Waals surface area contributed by atoms with Gasteiger partial charge in [0.1, 0.15) is 0 Å². The van der Waals surface area contributed by atoms with Gasteiger partial charge in [0.2, 0.25) is 6.67 Å². The maximum atomic E-state index is 5.79. The zero-order valence-corrected chi connectivity index (χ0v) is 25.6. The molecule has 35 heavy (non-hydrogen) atoms. The van der Waals surface area contributed by atoms with E-state index in [0.29, 0.717) is 0 Å². The molecule has 4 rings (SSSR count). The molecule has 3 aromatic rings. The minimum absolute atomic E-state index is 0.984. The fourth-order valence-electron chi connectivity index (χ4n) is 4.80. The van der Waals surface area contributed by atoms with Gasteiger partial charge < -0.3 is 9.80 Å². The number of thioether (sulfide) groups is 1. The zero-order chi connectivity index (χ0) is 25.7. The molecule has 3 aromatic carbocycles. The van der Waals surface area contributed by atoms with Crippen molar-refractivity contribution in [2.45, 2.75) is 46.4 Å². The summed E-state index contributed by atoms with van der Waals surface area (Å²) in [5, 5.41) is 0. The number of rotatable bonds is 4. The van der Waals surface area contributed by atoms with Crippen LogP contribution in [0.1, 0.15) is 38.9 Å². The molecule has 0 spiro atoms. The predicted octanol–water partition coefficient (Wildman–Crippen LogP) is 8.34. The molecular formula is C29H34Cl2N2RuS. The van der Waals surface area contributed by atoms with Crippen molar-refractivity contribution in [1.82, 2.24) is 0 Å². The second kappa shape index (κ2) is 12.8. The number of aryl methyl sites for hydroxylation is 6. The molecule has 1 fully saturated rings. The van der Waals surface area contributed by atoms with E-state index in [4.69, 9.17) is 19.4 Å². The van der Waals surface area contributed by atoms with Crippen molar-refractivity contribution < 1.29 is 13.5 Å². The van der Waals surface area contributed by atoms with Gasteiger partial charge in [-0.15, -0.1) is 0 Å². The third-order valence-corrected chi connectivity index (χ3v) is 8.57. The molecule has 1 aliphatic heterocycles. The number of nitrogens with zero attached hydrogens (tertiary/aromatic N) is 2. The van der Waals surface area contributed by atoms with Gasteiger partial charge in [-0.25, -0.2) is 0 Å². The number of benzene rings is 3. The zero-order valence-electron chi connectivity index (χ0n) is 21.5. The van der Waals surface area contributed by atoms with E-state index in [1.54, 1.807) is 11.8 Å². The van der Waals surface area contributed by atoms with Crippen molar-refractivity contribution in [3.05, 3.63) is 94.1 Å². The van der Waals surface area contributed by atoms with Crippen LogP contribution in [0.15, 0.2) is 53.4 Å². The van der Waals surface area contributed by atoms with Gasteiger partial charge in [0.15, 0.2) is 0 Å². The molecule has 0 aliphatic carbocycles. The van der Waals surface area contributed by atoms with Crippen LogP contribution in [-0.2, 0) is 13.5 Å². The minimum Gasteiger partial charge on any atom is -0.339 e. The summed E-state index contributed by atoms with van der Waals surface area (Å²) < 4.78 is 1.97. The molecular weight excluding hydrogens is 580 g/mol. The first-order chi connectivity index (χ1) is 16.6. The first kappa shape index (κ1) is 28.3. The normalized spacial score (nSPS) is 13.5. The molecule has 1 aliphatic rings. The third-order valence-electron chi connectivity index (χ3n) is 5.93. The Bertz CT molecular complexity index is 1110. The number of anilines is 2. The van der Waals surface area contributed by atoms with Gasteiger partial charge in [0.05, 0.1) is 0 Å². The van der Waals surface area contributed by atoms with Gasteiger partial charge in [0, 0.05) is 24.5 Å². The van der Waals surface area contributed by atoms with E-state index < -0.39 is 13.5 Å². The molecule has 2 nitrogen and oxygen atoms in total. The summed E-state index contributed by atoms with van der Waals surface area (Å²) in [6.45, 7) is 18.7. The Morgan fingerprint density at radius 2 is 1.20 bits per heavy atom. The summed E-state index contributed by atoms with van der Waals surface area (Å²) in [5.41, 5.74) is 11.7. The maximum absolute atomic E-state index is 5.79. The Kier molecular flexibility index (Phi) is 10.3. The van der Waals surface area contributed by atoms with E-state index in [1.165, 1.54) is 49.7 Å². The van der Waals surface area contributed by atoms with E-state index in [-0.39, 0.29) is 0 Å². The van der Waals surface area contributed by atoms with E-state index >= 15 is 0 Å². The standard InChI is InChI=1S/C21H26N2.C8H8S.2ClH.Ru/c1-14-9-16(3)20(17(4)10-14)22-7-8-23(13-22)21-18(5)11-15(2)12-19(21)6;1-7-5-3-4-6-8(7)9-2;;;/h9-12H,7-8H2,1-6H3;1,3-6H,2H3;2*1H;/q;;;;+2/p-2. The molecule has 0 bridgehead atoms. The van der Waals surface area contributed by atoms with Crippen molar-refractivity contribution in [3.8, 4) is 0 Å². The Labute approximate surface area is 229 Å². The van der Waals surface area contributed by atoms with Gasteiger partial charge in [-0.2, -0.15) is 0 Å². The van der Waals surface area contributed by atoms with Gasteiger partial charge in [-0.05, 0) is 63.8 Å². The molecule has 2 radical (unpaired) electrons. The van der Waals surface area contributed by atoms with Crippen LogP contribution in [0.2, 0.25) is 0 Å². The summed E-state index contributed by atoms with van der Waals surface area (Å²) >= 11 is 0.0403. The summed E-state index contributed by atoms with van der Waals surface area (Å²) in [6, 6.07) is 17.2. The molecule has 0 amide bonds. The van der Waals surface area contributed by atoms with Crippen LogP contribution in [0.25, 0.3) is 0 Å². The van der Waals surface area contributed by atoms with E-state index in [9.17, 15) is 0 Å². The number of halogens is 2. The van der Waals surface area contributed by atoms with Crippen LogP contribution in [0.3, 0.4) is 0 Å².